The van der Waals surface area contributed by atoms with Crippen LogP contribution in [0.15, 0.2) is 18.2 Å². The van der Waals surface area contributed by atoms with Crippen molar-refractivity contribution in [2.45, 2.75) is 6.92 Å². The third-order valence-electron chi connectivity index (χ3n) is 1.68. The maximum absolute atomic E-state index is 11.0. The zero-order chi connectivity index (χ0) is 11.4. The fourth-order valence-electron chi connectivity index (χ4n) is 0.961. The molecule has 1 aromatic carbocycles. The number of carbonyl (C=O) groups excluding carboxylic acids is 1. The molecule has 80 valence electrons. The van der Waals surface area contributed by atoms with Crippen LogP contribution < -0.4 is 10.9 Å². The lowest BCUT2D eigenvalue weighted by molar-refractivity contribution is 0.101. The minimum Gasteiger partial charge on any atom is -0.464 e. The summed E-state index contributed by atoms with van der Waals surface area (Å²) in [5.41, 5.74) is 5.11. The lowest BCUT2D eigenvalue weighted by Gasteiger charge is -2.08. The zero-order valence-corrected chi connectivity index (χ0v) is 8.63. The molecule has 0 heterocycles. The molecule has 0 bridgehead atoms. The Labute approximate surface area is 91.0 Å². The van der Waals surface area contributed by atoms with E-state index in [1.54, 1.807) is 6.07 Å². The normalized spacial score (nSPS) is 9.47. The second-order valence-electron chi connectivity index (χ2n) is 2.81. The molecule has 0 aliphatic rings. The Morgan fingerprint density at radius 3 is 2.60 bits per heavy atom. The number of hydrazine groups is 1. The number of halogens is 1. The summed E-state index contributed by atoms with van der Waals surface area (Å²) in [6.45, 7) is 1.41. The van der Waals surface area contributed by atoms with E-state index in [4.69, 9.17) is 16.7 Å². The molecular formula is C9H9ClN2O3. The van der Waals surface area contributed by atoms with Gasteiger partial charge < -0.3 is 5.11 Å². The first-order chi connectivity index (χ1) is 7.00. The molecule has 0 unspecified atom stereocenters. The van der Waals surface area contributed by atoms with Crippen LogP contribution in [0.2, 0.25) is 5.02 Å². The fourth-order valence-corrected chi connectivity index (χ4v) is 1.13. The molecule has 15 heavy (non-hydrogen) atoms. The summed E-state index contributed by atoms with van der Waals surface area (Å²) in [5, 5.41) is 8.69. The number of Topliss-reactive ketones (excluding diaryl/α,β-unsaturated/α-hetero) is 1. The van der Waals surface area contributed by atoms with Gasteiger partial charge in [0.05, 0.1) is 10.7 Å². The van der Waals surface area contributed by atoms with Crippen molar-refractivity contribution in [1.82, 2.24) is 5.43 Å². The second kappa shape index (κ2) is 4.65. The van der Waals surface area contributed by atoms with Crippen LogP contribution in [0.25, 0.3) is 0 Å². The van der Waals surface area contributed by atoms with E-state index in [9.17, 15) is 9.59 Å². The van der Waals surface area contributed by atoms with Gasteiger partial charge in [0.2, 0.25) is 0 Å². The first-order valence-electron chi connectivity index (χ1n) is 4.06. The van der Waals surface area contributed by atoms with Crippen molar-refractivity contribution in [1.29, 1.82) is 0 Å². The van der Waals surface area contributed by atoms with Gasteiger partial charge in [0, 0.05) is 5.56 Å². The lowest BCUT2D eigenvalue weighted by Crippen LogP contribution is -2.27. The average molecular weight is 229 g/mol. The summed E-state index contributed by atoms with van der Waals surface area (Å²) < 4.78 is 0. The van der Waals surface area contributed by atoms with Crippen molar-refractivity contribution in [2.24, 2.45) is 0 Å². The van der Waals surface area contributed by atoms with Crippen molar-refractivity contribution < 1.29 is 14.7 Å². The molecule has 0 spiro atoms. The number of anilines is 1. The van der Waals surface area contributed by atoms with Crippen LogP contribution in [0.1, 0.15) is 17.3 Å². The minimum absolute atomic E-state index is 0.120. The van der Waals surface area contributed by atoms with Gasteiger partial charge in [0.15, 0.2) is 5.78 Å². The van der Waals surface area contributed by atoms with Crippen LogP contribution in [-0.4, -0.2) is 17.0 Å². The van der Waals surface area contributed by atoms with Crippen LogP contribution >= 0.6 is 11.6 Å². The summed E-state index contributed by atoms with van der Waals surface area (Å²) in [5.74, 6) is -0.120. The van der Waals surface area contributed by atoms with Crippen molar-refractivity contribution in [3.05, 3.63) is 28.8 Å². The average Bonchev–Trinajstić information content (AvgIpc) is 2.16. The van der Waals surface area contributed by atoms with E-state index in [1.165, 1.54) is 19.1 Å². The van der Waals surface area contributed by atoms with Gasteiger partial charge in [-0.25, -0.2) is 10.2 Å². The van der Waals surface area contributed by atoms with E-state index in [0.717, 1.165) is 0 Å². The number of benzene rings is 1. The van der Waals surface area contributed by atoms with Gasteiger partial charge in [0.1, 0.15) is 0 Å². The van der Waals surface area contributed by atoms with Gasteiger partial charge in [-0.2, -0.15) is 0 Å². The summed E-state index contributed by atoms with van der Waals surface area (Å²) in [6.07, 6.45) is -1.24. The van der Waals surface area contributed by atoms with Crippen LogP contribution in [0.4, 0.5) is 10.5 Å². The SMILES string of the molecule is CC(=O)c1ccc(Cl)c(NNC(=O)O)c1. The van der Waals surface area contributed by atoms with Gasteiger partial charge in [-0.05, 0) is 25.1 Å². The smallest absolute Gasteiger partial charge is 0.423 e. The molecule has 0 saturated carbocycles. The number of nitrogens with one attached hydrogen (secondary N) is 2. The van der Waals surface area contributed by atoms with Gasteiger partial charge in [-0.15, -0.1) is 0 Å². The summed E-state index contributed by atoms with van der Waals surface area (Å²) in [4.78, 5) is 21.3. The number of rotatable bonds is 3. The molecule has 1 rings (SSSR count). The quantitative estimate of drug-likeness (QED) is 0.547. The maximum atomic E-state index is 11.0. The highest BCUT2D eigenvalue weighted by Gasteiger charge is 2.05. The van der Waals surface area contributed by atoms with E-state index in [2.05, 4.69) is 5.43 Å². The first-order valence-corrected chi connectivity index (χ1v) is 4.44. The molecule has 6 heteroatoms. The summed E-state index contributed by atoms with van der Waals surface area (Å²) >= 11 is 5.78. The van der Waals surface area contributed by atoms with Gasteiger partial charge in [-0.3, -0.25) is 10.2 Å². The van der Waals surface area contributed by atoms with E-state index >= 15 is 0 Å². The monoisotopic (exact) mass is 228 g/mol. The lowest BCUT2D eigenvalue weighted by atomic mass is 10.1. The van der Waals surface area contributed by atoms with Gasteiger partial charge >= 0.3 is 6.09 Å². The van der Waals surface area contributed by atoms with Crippen LogP contribution in [0.5, 0.6) is 0 Å². The van der Waals surface area contributed by atoms with Crippen molar-refractivity contribution in [2.75, 3.05) is 5.43 Å². The molecular weight excluding hydrogens is 220 g/mol. The van der Waals surface area contributed by atoms with E-state index in [0.29, 0.717) is 16.3 Å². The standard InChI is InChI=1S/C9H9ClN2O3/c1-5(13)6-2-3-7(10)8(4-6)11-12-9(14)15/h2-4,11-12H,1H3,(H,14,15). The molecule has 1 amide bonds. The largest absolute Gasteiger partial charge is 0.464 e. The molecule has 0 atom stereocenters. The van der Waals surface area contributed by atoms with Crippen LogP contribution in [0, 0.1) is 0 Å². The Bertz CT molecular complexity index is 406. The molecule has 5 nitrogen and oxygen atoms in total. The number of hydrogen-bond acceptors (Lipinski definition) is 3. The number of carboxylic acid groups (broad SMARTS) is 1. The number of amides is 1. The summed E-state index contributed by atoms with van der Waals surface area (Å²) in [7, 11) is 0. The molecule has 0 aliphatic carbocycles. The predicted octanol–water partition coefficient (Wildman–Crippen LogP) is 2.14. The topological polar surface area (TPSA) is 78.4 Å². The highest BCUT2D eigenvalue weighted by atomic mass is 35.5. The first kappa shape index (κ1) is 11.3. The maximum Gasteiger partial charge on any atom is 0.423 e. The molecule has 0 saturated heterocycles. The minimum atomic E-state index is -1.24. The second-order valence-corrected chi connectivity index (χ2v) is 3.21. The highest BCUT2D eigenvalue weighted by molar-refractivity contribution is 6.33. The molecule has 0 radical (unpaired) electrons. The number of ketones is 1. The molecule has 1 aromatic rings. The molecule has 0 aromatic heterocycles. The van der Waals surface area contributed by atoms with Crippen LogP contribution in [0.3, 0.4) is 0 Å². The third-order valence-corrected chi connectivity index (χ3v) is 2.01. The Balaban J connectivity index is 2.90. The third kappa shape index (κ3) is 3.14. The van der Waals surface area contributed by atoms with E-state index in [-0.39, 0.29) is 5.78 Å². The molecule has 3 N–H and O–H groups in total. The van der Waals surface area contributed by atoms with Crippen LogP contribution in [-0.2, 0) is 0 Å². The predicted molar refractivity (Wildman–Crippen MR) is 56.2 cm³/mol. The van der Waals surface area contributed by atoms with E-state index in [1.807, 2.05) is 5.43 Å². The molecule has 0 fully saturated rings. The van der Waals surface area contributed by atoms with Crippen molar-refractivity contribution in [3.8, 4) is 0 Å². The Morgan fingerprint density at radius 2 is 2.07 bits per heavy atom. The van der Waals surface area contributed by atoms with Crippen molar-refractivity contribution >= 4 is 29.2 Å². The zero-order valence-electron chi connectivity index (χ0n) is 7.87. The number of hydrogen-bond donors (Lipinski definition) is 3. The Kier molecular flexibility index (Phi) is 3.51. The number of carbonyl (C=O) groups is 2. The van der Waals surface area contributed by atoms with Gasteiger partial charge in [-0.1, -0.05) is 11.6 Å². The Morgan fingerprint density at radius 1 is 1.40 bits per heavy atom. The highest BCUT2D eigenvalue weighted by Crippen LogP contribution is 2.22. The van der Waals surface area contributed by atoms with Crippen molar-refractivity contribution in [3.63, 3.8) is 0 Å². The fraction of sp³-hybridized carbons (Fsp3) is 0.111. The Hall–Kier alpha value is -1.75. The molecule has 0 aliphatic heterocycles. The summed E-state index contributed by atoms with van der Waals surface area (Å²) in [6, 6.07) is 4.56. The van der Waals surface area contributed by atoms with Gasteiger partial charge in [0.25, 0.3) is 0 Å². The van der Waals surface area contributed by atoms with E-state index < -0.39 is 6.09 Å².